The zero-order chi connectivity index (χ0) is 12.7. The topological polar surface area (TPSA) is 45.6 Å². The second-order valence-corrected chi connectivity index (χ2v) is 5.23. The number of rotatable bonds is 4. The molecule has 17 heavy (non-hydrogen) atoms. The van der Waals surface area contributed by atoms with Gasteiger partial charge in [0.05, 0.1) is 6.61 Å². The van der Waals surface area contributed by atoms with Gasteiger partial charge < -0.3 is 10.1 Å². The Morgan fingerprint density at radius 3 is 3.06 bits per heavy atom. The van der Waals surface area contributed by atoms with Crippen LogP contribution in [-0.4, -0.2) is 30.6 Å². The molecule has 0 saturated heterocycles. The zero-order valence-corrected chi connectivity index (χ0v) is 11.8. The summed E-state index contributed by atoms with van der Waals surface area (Å²) < 4.78 is 5.03. The molecule has 0 aromatic carbocycles. The highest BCUT2D eigenvalue weighted by molar-refractivity contribution is 7.80. The molecule has 1 saturated carbocycles. The number of hydrazone groups is 1. The SMILES string of the molecule is COC[C@H](C)NC(=S)N/N=C1/CCC[C@@H](C)C1. The lowest BCUT2D eigenvalue weighted by Gasteiger charge is -2.20. The minimum Gasteiger partial charge on any atom is -0.383 e. The summed E-state index contributed by atoms with van der Waals surface area (Å²) in [5.74, 6) is 0.748. The van der Waals surface area contributed by atoms with Gasteiger partial charge in [-0.3, -0.25) is 5.43 Å². The first-order valence-corrected chi connectivity index (χ1v) is 6.63. The molecule has 0 amide bonds. The number of hydrogen-bond acceptors (Lipinski definition) is 3. The number of hydrogen-bond donors (Lipinski definition) is 2. The fourth-order valence-electron chi connectivity index (χ4n) is 2.04. The summed E-state index contributed by atoms with van der Waals surface area (Å²) in [4.78, 5) is 0. The molecule has 2 N–H and O–H groups in total. The summed E-state index contributed by atoms with van der Waals surface area (Å²) >= 11 is 5.16. The van der Waals surface area contributed by atoms with Gasteiger partial charge in [0.25, 0.3) is 0 Å². The van der Waals surface area contributed by atoms with E-state index in [1.807, 2.05) is 6.92 Å². The van der Waals surface area contributed by atoms with Gasteiger partial charge in [-0.15, -0.1) is 0 Å². The van der Waals surface area contributed by atoms with Crippen LogP contribution in [0.4, 0.5) is 0 Å². The minimum absolute atomic E-state index is 0.200. The highest BCUT2D eigenvalue weighted by atomic mass is 32.1. The molecule has 1 aliphatic carbocycles. The van der Waals surface area contributed by atoms with E-state index in [2.05, 4.69) is 22.8 Å². The molecule has 0 aliphatic heterocycles. The van der Waals surface area contributed by atoms with E-state index in [0.29, 0.717) is 11.7 Å². The molecule has 5 heteroatoms. The minimum atomic E-state index is 0.200. The van der Waals surface area contributed by atoms with E-state index < -0.39 is 0 Å². The Hall–Kier alpha value is -0.680. The van der Waals surface area contributed by atoms with Crippen LogP contribution in [0.1, 0.15) is 39.5 Å². The Bertz CT molecular complexity index is 281. The Labute approximate surface area is 109 Å². The molecule has 0 unspecified atom stereocenters. The maximum absolute atomic E-state index is 5.16. The van der Waals surface area contributed by atoms with Gasteiger partial charge in [-0.1, -0.05) is 6.92 Å². The van der Waals surface area contributed by atoms with E-state index in [4.69, 9.17) is 17.0 Å². The number of nitrogens with one attached hydrogen (secondary N) is 2. The number of thiocarbonyl (C=S) groups is 1. The van der Waals surface area contributed by atoms with Crippen molar-refractivity contribution in [2.45, 2.75) is 45.6 Å². The first kappa shape index (κ1) is 14.4. The third-order valence-electron chi connectivity index (χ3n) is 2.86. The first-order chi connectivity index (χ1) is 8.11. The molecule has 1 rings (SSSR count). The lowest BCUT2D eigenvalue weighted by molar-refractivity contribution is 0.179. The van der Waals surface area contributed by atoms with Crippen molar-refractivity contribution in [3.8, 4) is 0 Å². The number of nitrogens with zero attached hydrogens (tertiary/aromatic N) is 1. The molecule has 1 aliphatic rings. The van der Waals surface area contributed by atoms with Crippen LogP contribution in [0, 0.1) is 5.92 Å². The maximum Gasteiger partial charge on any atom is 0.187 e. The van der Waals surface area contributed by atoms with Crippen molar-refractivity contribution in [2.75, 3.05) is 13.7 Å². The molecule has 0 aromatic heterocycles. The fraction of sp³-hybridized carbons (Fsp3) is 0.833. The van der Waals surface area contributed by atoms with Crippen LogP contribution in [0.25, 0.3) is 0 Å². The standard InChI is InChI=1S/C12H23N3OS/c1-9-5-4-6-11(7-9)14-15-12(17)13-10(2)8-16-3/h9-10H,4-8H2,1-3H3,(H2,13,15,17)/b14-11-/t9-,10+/m1/s1. The fourth-order valence-corrected chi connectivity index (χ4v) is 2.29. The largest absolute Gasteiger partial charge is 0.383 e. The smallest absolute Gasteiger partial charge is 0.187 e. The van der Waals surface area contributed by atoms with Crippen LogP contribution in [0.3, 0.4) is 0 Å². The van der Waals surface area contributed by atoms with E-state index in [0.717, 1.165) is 18.8 Å². The van der Waals surface area contributed by atoms with Gasteiger partial charge in [0.15, 0.2) is 5.11 Å². The Kier molecular flexibility index (Phi) is 6.44. The predicted molar refractivity (Wildman–Crippen MR) is 75.3 cm³/mol. The second kappa shape index (κ2) is 7.61. The van der Waals surface area contributed by atoms with E-state index in [-0.39, 0.29) is 6.04 Å². The molecular formula is C12H23N3OS. The molecule has 0 bridgehead atoms. The molecule has 0 radical (unpaired) electrons. The van der Waals surface area contributed by atoms with Crippen LogP contribution < -0.4 is 10.7 Å². The molecule has 98 valence electrons. The van der Waals surface area contributed by atoms with Crippen molar-refractivity contribution in [3.05, 3.63) is 0 Å². The molecule has 0 aromatic rings. The lowest BCUT2D eigenvalue weighted by atomic mass is 9.89. The van der Waals surface area contributed by atoms with Crippen LogP contribution in [0.2, 0.25) is 0 Å². The summed E-state index contributed by atoms with van der Waals surface area (Å²) in [5.41, 5.74) is 4.14. The third-order valence-corrected chi connectivity index (χ3v) is 3.07. The maximum atomic E-state index is 5.16. The Balaban J connectivity index is 2.28. The molecule has 0 spiro atoms. The van der Waals surface area contributed by atoms with Gasteiger partial charge in [0, 0.05) is 18.9 Å². The second-order valence-electron chi connectivity index (χ2n) is 4.82. The van der Waals surface area contributed by atoms with Gasteiger partial charge >= 0.3 is 0 Å². The van der Waals surface area contributed by atoms with Crippen LogP contribution in [-0.2, 0) is 4.74 Å². The van der Waals surface area contributed by atoms with Gasteiger partial charge in [0.2, 0.25) is 0 Å². The monoisotopic (exact) mass is 257 g/mol. The summed E-state index contributed by atoms with van der Waals surface area (Å²) in [6.07, 6.45) is 4.73. The van der Waals surface area contributed by atoms with Crippen LogP contribution in [0.15, 0.2) is 5.10 Å². The Morgan fingerprint density at radius 1 is 1.65 bits per heavy atom. The quantitative estimate of drug-likeness (QED) is 0.598. The average molecular weight is 257 g/mol. The van der Waals surface area contributed by atoms with E-state index in [1.54, 1.807) is 7.11 Å². The van der Waals surface area contributed by atoms with Crippen LogP contribution >= 0.6 is 12.2 Å². The van der Waals surface area contributed by atoms with E-state index >= 15 is 0 Å². The molecule has 4 nitrogen and oxygen atoms in total. The Morgan fingerprint density at radius 2 is 2.41 bits per heavy atom. The highest BCUT2D eigenvalue weighted by Gasteiger charge is 2.14. The van der Waals surface area contributed by atoms with Crippen LogP contribution in [0.5, 0.6) is 0 Å². The van der Waals surface area contributed by atoms with Gasteiger partial charge in [0.1, 0.15) is 0 Å². The highest BCUT2D eigenvalue weighted by Crippen LogP contribution is 2.20. The number of methoxy groups -OCH3 is 1. The average Bonchev–Trinajstić information content (AvgIpc) is 2.27. The van der Waals surface area contributed by atoms with Gasteiger partial charge in [-0.25, -0.2) is 0 Å². The summed E-state index contributed by atoms with van der Waals surface area (Å²) in [6.45, 7) is 4.93. The molecule has 2 atom stereocenters. The van der Waals surface area contributed by atoms with Gasteiger partial charge in [-0.05, 0) is 50.7 Å². The molecule has 0 heterocycles. The summed E-state index contributed by atoms with van der Waals surface area (Å²) in [5, 5.41) is 8.06. The van der Waals surface area contributed by atoms with E-state index in [1.165, 1.54) is 18.6 Å². The van der Waals surface area contributed by atoms with Crippen molar-refractivity contribution in [3.63, 3.8) is 0 Å². The van der Waals surface area contributed by atoms with Crippen molar-refractivity contribution in [2.24, 2.45) is 11.0 Å². The van der Waals surface area contributed by atoms with Crippen molar-refractivity contribution in [1.29, 1.82) is 0 Å². The third kappa shape index (κ3) is 5.98. The molecule has 1 fully saturated rings. The lowest BCUT2D eigenvalue weighted by Crippen LogP contribution is -2.41. The first-order valence-electron chi connectivity index (χ1n) is 6.22. The number of ether oxygens (including phenoxy) is 1. The van der Waals surface area contributed by atoms with Crippen molar-refractivity contribution >= 4 is 23.0 Å². The van der Waals surface area contributed by atoms with Crippen molar-refractivity contribution in [1.82, 2.24) is 10.7 Å². The van der Waals surface area contributed by atoms with E-state index in [9.17, 15) is 0 Å². The normalized spacial score (nSPS) is 24.4. The summed E-state index contributed by atoms with van der Waals surface area (Å²) in [6, 6.07) is 0.200. The van der Waals surface area contributed by atoms with Crippen molar-refractivity contribution < 1.29 is 4.74 Å². The predicted octanol–water partition coefficient (Wildman–Crippen LogP) is 2.05. The van der Waals surface area contributed by atoms with Gasteiger partial charge in [-0.2, -0.15) is 5.10 Å². The summed E-state index contributed by atoms with van der Waals surface area (Å²) in [7, 11) is 1.68. The zero-order valence-electron chi connectivity index (χ0n) is 11.0. The molecular weight excluding hydrogens is 234 g/mol.